The molecular weight excluding hydrogens is 243 g/mol. The smallest absolute Gasteiger partial charge is 0.126 e. The highest BCUT2D eigenvalue weighted by Gasteiger charge is 2.37. The minimum atomic E-state index is -1.01. The largest absolute Gasteiger partial charge is 0.508 e. The molecule has 0 amide bonds. The van der Waals surface area contributed by atoms with Crippen LogP contribution in [0, 0.1) is 5.82 Å². The Morgan fingerprint density at radius 2 is 1.84 bits per heavy atom. The molecule has 2 nitrogen and oxygen atoms in total. The summed E-state index contributed by atoms with van der Waals surface area (Å²) in [7, 11) is 0. The molecule has 19 heavy (non-hydrogen) atoms. The molecule has 1 atom stereocenters. The molecule has 0 radical (unpaired) electrons. The van der Waals surface area contributed by atoms with Crippen molar-refractivity contribution in [2.45, 2.75) is 24.9 Å². The standard InChI is InChI=1S/C16H15FO2/c17-15-3-1-2-14-13(15)8-9-16(14,19)10-11-4-6-12(18)7-5-11/h1-7,18-19H,8-10H2. The molecule has 0 saturated carbocycles. The molecule has 98 valence electrons. The molecule has 1 unspecified atom stereocenters. The average molecular weight is 258 g/mol. The molecule has 0 saturated heterocycles. The van der Waals surface area contributed by atoms with Crippen LogP contribution in [-0.4, -0.2) is 10.2 Å². The summed E-state index contributed by atoms with van der Waals surface area (Å²) < 4.78 is 13.7. The van der Waals surface area contributed by atoms with Crippen LogP contribution in [0.5, 0.6) is 5.75 Å². The van der Waals surface area contributed by atoms with Gasteiger partial charge in [-0.1, -0.05) is 24.3 Å². The number of phenolic OH excluding ortho intramolecular Hbond substituents is 1. The Bertz CT molecular complexity index is 607. The fraction of sp³-hybridized carbons (Fsp3) is 0.250. The zero-order chi connectivity index (χ0) is 13.5. The summed E-state index contributed by atoms with van der Waals surface area (Å²) >= 11 is 0. The monoisotopic (exact) mass is 258 g/mol. The Labute approximate surface area is 111 Å². The molecular formula is C16H15FO2. The van der Waals surface area contributed by atoms with E-state index in [1.54, 1.807) is 36.4 Å². The van der Waals surface area contributed by atoms with Crippen molar-refractivity contribution in [3.8, 4) is 5.75 Å². The van der Waals surface area contributed by atoms with Gasteiger partial charge >= 0.3 is 0 Å². The number of hydrogen-bond acceptors (Lipinski definition) is 2. The third-order valence-electron chi connectivity index (χ3n) is 3.84. The predicted octanol–water partition coefficient (Wildman–Crippen LogP) is 2.91. The maximum Gasteiger partial charge on any atom is 0.126 e. The molecule has 2 aromatic rings. The fourth-order valence-electron chi connectivity index (χ4n) is 2.85. The summed E-state index contributed by atoms with van der Waals surface area (Å²) in [6.07, 6.45) is 1.53. The molecule has 1 aliphatic carbocycles. The number of aromatic hydroxyl groups is 1. The predicted molar refractivity (Wildman–Crippen MR) is 70.4 cm³/mol. The molecule has 0 aliphatic heterocycles. The first-order valence-electron chi connectivity index (χ1n) is 6.37. The van der Waals surface area contributed by atoms with E-state index < -0.39 is 5.60 Å². The van der Waals surface area contributed by atoms with Crippen LogP contribution in [0.15, 0.2) is 42.5 Å². The molecule has 0 aromatic heterocycles. The lowest BCUT2D eigenvalue weighted by atomic mass is 9.89. The van der Waals surface area contributed by atoms with Crippen molar-refractivity contribution < 1.29 is 14.6 Å². The first-order chi connectivity index (χ1) is 9.08. The van der Waals surface area contributed by atoms with E-state index in [1.807, 2.05) is 0 Å². The quantitative estimate of drug-likeness (QED) is 0.869. The van der Waals surface area contributed by atoms with Crippen molar-refractivity contribution in [1.29, 1.82) is 0 Å². The van der Waals surface area contributed by atoms with Gasteiger partial charge in [-0.05, 0) is 47.7 Å². The number of benzene rings is 2. The van der Waals surface area contributed by atoms with Crippen molar-refractivity contribution in [3.63, 3.8) is 0 Å². The van der Waals surface area contributed by atoms with Crippen molar-refractivity contribution in [1.82, 2.24) is 0 Å². The highest BCUT2D eigenvalue weighted by molar-refractivity contribution is 5.40. The molecule has 3 heteroatoms. The summed E-state index contributed by atoms with van der Waals surface area (Å²) in [5, 5.41) is 20.0. The molecule has 0 spiro atoms. The number of phenols is 1. The zero-order valence-corrected chi connectivity index (χ0v) is 10.4. The van der Waals surface area contributed by atoms with Gasteiger partial charge in [0.05, 0.1) is 5.60 Å². The van der Waals surface area contributed by atoms with Crippen LogP contribution in [0.4, 0.5) is 4.39 Å². The van der Waals surface area contributed by atoms with Crippen LogP contribution in [0.25, 0.3) is 0 Å². The van der Waals surface area contributed by atoms with Crippen LogP contribution in [0.3, 0.4) is 0 Å². The van der Waals surface area contributed by atoms with Crippen molar-refractivity contribution in [2.75, 3.05) is 0 Å². The van der Waals surface area contributed by atoms with Gasteiger partial charge in [0.15, 0.2) is 0 Å². The topological polar surface area (TPSA) is 40.5 Å². The van der Waals surface area contributed by atoms with Gasteiger partial charge in [0.1, 0.15) is 11.6 Å². The molecule has 3 rings (SSSR count). The molecule has 1 aliphatic rings. The van der Waals surface area contributed by atoms with Gasteiger partial charge < -0.3 is 10.2 Å². The van der Waals surface area contributed by atoms with E-state index in [9.17, 15) is 14.6 Å². The lowest BCUT2D eigenvalue weighted by Gasteiger charge is -2.24. The molecule has 2 aromatic carbocycles. The van der Waals surface area contributed by atoms with Gasteiger partial charge in [-0.25, -0.2) is 4.39 Å². The van der Waals surface area contributed by atoms with E-state index >= 15 is 0 Å². The van der Waals surface area contributed by atoms with Gasteiger partial charge in [-0.2, -0.15) is 0 Å². The summed E-state index contributed by atoms with van der Waals surface area (Å²) in [4.78, 5) is 0. The first kappa shape index (κ1) is 12.2. The lowest BCUT2D eigenvalue weighted by molar-refractivity contribution is 0.0389. The van der Waals surface area contributed by atoms with Crippen LogP contribution in [0.1, 0.15) is 23.1 Å². The van der Waals surface area contributed by atoms with Gasteiger partial charge in [0, 0.05) is 6.42 Å². The third-order valence-corrected chi connectivity index (χ3v) is 3.84. The summed E-state index contributed by atoms with van der Waals surface area (Å²) in [5.74, 6) is -0.0345. The molecule has 0 bridgehead atoms. The van der Waals surface area contributed by atoms with E-state index in [2.05, 4.69) is 0 Å². The molecule has 0 heterocycles. The van der Waals surface area contributed by atoms with Gasteiger partial charge in [0.25, 0.3) is 0 Å². The van der Waals surface area contributed by atoms with Crippen molar-refractivity contribution in [3.05, 3.63) is 65.0 Å². The lowest BCUT2D eigenvalue weighted by Crippen LogP contribution is -2.25. The first-order valence-corrected chi connectivity index (χ1v) is 6.37. The number of hydrogen-bond donors (Lipinski definition) is 2. The second kappa shape index (κ2) is 4.35. The number of halogens is 1. The van der Waals surface area contributed by atoms with Crippen LogP contribution >= 0.6 is 0 Å². The minimum absolute atomic E-state index is 0.202. The second-order valence-electron chi connectivity index (χ2n) is 5.14. The van der Waals surface area contributed by atoms with E-state index in [0.717, 1.165) is 5.56 Å². The Hall–Kier alpha value is -1.87. The maximum atomic E-state index is 13.7. The van der Waals surface area contributed by atoms with E-state index in [0.29, 0.717) is 30.4 Å². The summed E-state index contributed by atoms with van der Waals surface area (Å²) in [6, 6.07) is 11.6. The summed E-state index contributed by atoms with van der Waals surface area (Å²) in [6.45, 7) is 0. The normalized spacial score (nSPS) is 21.4. The van der Waals surface area contributed by atoms with Crippen LogP contribution in [-0.2, 0) is 18.4 Å². The number of aliphatic hydroxyl groups is 1. The van der Waals surface area contributed by atoms with Crippen molar-refractivity contribution in [2.24, 2.45) is 0 Å². The zero-order valence-electron chi connectivity index (χ0n) is 10.4. The van der Waals surface area contributed by atoms with E-state index in [4.69, 9.17) is 0 Å². The number of fused-ring (bicyclic) bond motifs is 1. The minimum Gasteiger partial charge on any atom is -0.508 e. The average Bonchev–Trinajstić information content (AvgIpc) is 2.72. The Kier molecular flexibility index (Phi) is 2.79. The van der Waals surface area contributed by atoms with Gasteiger partial charge in [-0.15, -0.1) is 0 Å². The highest BCUT2D eigenvalue weighted by Crippen LogP contribution is 2.40. The van der Waals surface area contributed by atoms with Crippen molar-refractivity contribution >= 4 is 0 Å². The Morgan fingerprint density at radius 3 is 2.58 bits per heavy atom. The Balaban J connectivity index is 1.94. The SMILES string of the molecule is Oc1ccc(CC2(O)CCc3c(F)cccc32)cc1. The fourth-order valence-corrected chi connectivity index (χ4v) is 2.85. The van der Waals surface area contributed by atoms with Gasteiger partial charge in [0.2, 0.25) is 0 Å². The Morgan fingerprint density at radius 1 is 1.11 bits per heavy atom. The van der Waals surface area contributed by atoms with Crippen LogP contribution in [0.2, 0.25) is 0 Å². The van der Waals surface area contributed by atoms with Gasteiger partial charge in [-0.3, -0.25) is 0 Å². The van der Waals surface area contributed by atoms with Crippen LogP contribution < -0.4 is 0 Å². The molecule has 2 N–H and O–H groups in total. The third kappa shape index (κ3) is 2.10. The second-order valence-corrected chi connectivity index (χ2v) is 5.14. The highest BCUT2D eigenvalue weighted by atomic mass is 19.1. The maximum absolute atomic E-state index is 13.7. The van der Waals surface area contributed by atoms with E-state index in [-0.39, 0.29) is 11.6 Å². The van der Waals surface area contributed by atoms with E-state index in [1.165, 1.54) is 6.07 Å². The summed E-state index contributed by atoms with van der Waals surface area (Å²) in [5.41, 5.74) is 1.25. The number of rotatable bonds is 2. The molecule has 0 fully saturated rings.